The van der Waals surface area contributed by atoms with Gasteiger partial charge in [-0.25, -0.2) is 0 Å². The van der Waals surface area contributed by atoms with Crippen molar-refractivity contribution < 1.29 is 0 Å². The van der Waals surface area contributed by atoms with E-state index in [-0.39, 0.29) is 0 Å². The van der Waals surface area contributed by atoms with E-state index in [1.807, 2.05) is 0 Å². The molecule has 0 aliphatic rings. The first-order chi connectivity index (χ1) is 19.1. The van der Waals surface area contributed by atoms with Crippen LogP contribution in [0.4, 0.5) is 0 Å². The molecule has 0 heterocycles. The number of rotatable bonds is 32. The van der Waals surface area contributed by atoms with Crippen LogP contribution in [0.15, 0.2) is 0 Å². The van der Waals surface area contributed by atoms with Crippen molar-refractivity contribution in [2.24, 2.45) is 11.8 Å². The van der Waals surface area contributed by atoms with E-state index in [0.717, 1.165) is 11.8 Å². The summed E-state index contributed by atoms with van der Waals surface area (Å²) in [5, 5.41) is 7.41. The molecule has 0 rings (SSSR count). The monoisotopic (exact) mass is 553 g/mol. The fourth-order valence-electron chi connectivity index (χ4n) is 5.44. The molecule has 0 saturated heterocycles. The van der Waals surface area contributed by atoms with E-state index in [1.165, 1.54) is 175 Å². The fourth-order valence-corrected chi connectivity index (χ4v) is 5.44. The molecule has 0 saturated carbocycles. The molecule has 0 fully saturated rings. The van der Waals surface area contributed by atoms with Gasteiger partial charge in [0.05, 0.1) is 0 Å². The standard InChI is InChI=1S/C35H76N4/c1-7-11-28-38(29-12-8-2)32-18-20-34(5)22-26-36-24-16-15-17-25-37-27-23-35(6)21-19-33-39(30-13-9-3)31-14-10-4/h34-37H,7-33H2,1-6H3. The van der Waals surface area contributed by atoms with Crippen molar-refractivity contribution in [3.63, 3.8) is 0 Å². The number of unbranched alkanes of at least 4 members (excludes halogenated alkanes) is 6. The Balaban J connectivity index is 3.56. The predicted molar refractivity (Wildman–Crippen MR) is 178 cm³/mol. The Labute approximate surface area is 248 Å². The minimum Gasteiger partial charge on any atom is -0.317 e. The molecule has 2 atom stereocenters. The second-order valence-corrected chi connectivity index (χ2v) is 12.7. The van der Waals surface area contributed by atoms with Gasteiger partial charge < -0.3 is 20.4 Å². The van der Waals surface area contributed by atoms with E-state index < -0.39 is 0 Å². The SMILES string of the molecule is CCCCN(CCCC)CCCC(C)CCNCCCCCNCCC(C)CCCN(CCCC)CCCC. The zero-order chi connectivity index (χ0) is 28.8. The Morgan fingerprint density at radius 2 is 0.718 bits per heavy atom. The number of nitrogens with one attached hydrogen (secondary N) is 2. The molecule has 2 N–H and O–H groups in total. The summed E-state index contributed by atoms with van der Waals surface area (Å²) < 4.78 is 0. The van der Waals surface area contributed by atoms with E-state index >= 15 is 0 Å². The summed E-state index contributed by atoms with van der Waals surface area (Å²) in [6.45, 7) is 26.8. The minimum atomic E-state index is 0.851. The van der Waals surface area contributed by atoms with Gasteiger partial charge in [-0.2, -0.15) is 0 Å². The molecule has 0 bridgehead atoms. The third-order valence-corrected chi connectivity index (χ3v) is 8.49. The van der Waals surface area contributed by atoms with Gasteiger partial charge in [0, 0.05) is 0 Å². The number of nitrogens with zero attached hydrogens (tertiary/aromatic N) is 2. The molecule has 0 aliphatic heterocycles. The third kappa shape index (κ3) is 27.8. The smallest absolute Gasteiger partial charge is 0.00186 e. The van der Waals surface area contributed by atoms with Crippen molar-refractivity contribution in [1.82, 2.24) is 20.4 Å². The lowest BCUT2D eigenvalue weighted by Crippen LogP contribution is -2.27. The molecule has 4 nitrogen and oxygen atoms in total. The summed E-state index contributed by atoms with van der Waals surface area (Å²) >= 11 is 0. The summed E-state index contributed by atoms with van der Waals surface area (Å²) in [5.74, 6) is 1.70. The second-order valence-electron chi connectivity index (χ2n) is 12.7. The summed E-state index contributed by atoms with van der Waals surface area (Å²) in [7, 11) is 0. The van der Waals surface area contributed by atoms with Crippen molar-refractivity contribution in [3.8, 4) is 0 Å². The van der Waals surface area contributed by atoms with Crippen LogP contribution in [-0.2, 0) is 0 Å². The maximum Gasteiger partial charge on any atom is -0.00186 e. The summed E-state index contributed by atoms with van der Waals surface area (Å²) in [6, 6.07) is 0. The zero-order valence-corrected chi connectivity index (χ0v) is 28.1. The molecule has 0 aromatic heterocycles. The van der Waals surface area contributed by atoms with Crippen LogP contribution in [0.3, 0.4) is 0 Å². The Hall–Kier alpha value is -0.160. The van der Waals surface area contributed by atoms with Crippen molar-refractivity contribution in [3.05, 3.63) is 0 Å². The molecule has 236 valence electrons. The summed E-state index contributed by atoms with van der Waals surface area (Å²) in [4.78, 5) is 5.43. The number of hydrogen-bond donors (Lipinski definition) is 2. The van der Waals surface area contributed by atoms with Crippen LogP contribution in [0.5, 0.6) is 0 Å². The maximum absolute atomic E-state index is 3.70. The maximum atomic E-state index is 3.70. The highest BCUT2D eigenvalue weighted by molar-refractivity contribution is 4.64. The Morgan fingerprint density at radius 1 is 0.385 bits per heavy atom. The van der Waals surface area contributed by atoms with Gasteiger partial charge in [-0.05, 0) is 154 Å². The number of hydrogen-bond acceptors (Lipinski definition) is 4. The first kappa shape index (κ1) is 38.8. The van der Waals surface area contributed by atoms with Crippen LogP contribution in [0.2, 0.25) is 0 Å². The van der Waals surface area contributed by atoms with Crippen LogP contribution >= 0.6 is 0 Å². The molecule has 0 spiro atoms. The molecule has 0 aromatic carbocycles. The van der Waals surface area contributed by atoms with E-state index in [4.69, 9.17) is 0 Å². The normalized spacial score (nSPS) is 13.5. The van der Waals surface area contributed by atoms with Crippen LogP contribution < -0.4 is 10.6 Å². The lowest BCUT2D eigenvalue weighted by atomic mass is 10.0. The Bertz CT molecular complexity index is 402. The zero-order valence-electron chi connectivity index (χ0n) is 28.1. The van der Waals surface area contributed by atoms with Crippen LogP contribution in [0, 0.1) is 11.8 Å². The highest BCUT2D eigenvalue weighted by Crippen LogP contribution is 2.12. The Kier molecular flexibility index (Phi) is 30.7. The van der Waals surface area contributed by atoms with E-state index in [0.29, 0.717) is 0 Å². The summed E-state index contributed by atoms with van der Waals surface area (Å²) in [6.07, 6.45) is 22.9. The van der Waals surface area contributed by atoms with Gasteiger partial charge >= 0.3 is 0 Å². The van der Waals surface area contributed by atoms with Gasteiger partial charge in [-0.15, -0.1) is 0 Å². The average molecular weight is 553 g/mol. The van der Waals surface area contributed by atoms with Crippen LogP contribution in [0.25, 0.3) is 0 Å². The molecule has 2 unspecified atom stereocenters. The van der Waals surface area contributed by atoms with Gasteiger partial charge in [0.15, 0.2) is 0 Å². The van der Waals surface area contributed by atoms with Gasteiger partial charge in [0.2, 0.25) is 0 Å². The van der Waals surface area contributed by atoms with Crippen molar-refractivity contribution in [2.45, 2.75) is 151 Å². The molecule has 0 radical (unpaired) electrons. The highest BCUT2D eigenvalue weighted by atomic mass is 15.1. The molecule has 0 aromatic rings. The van der Waals surface area contributed by atoms with Crippen LogP contribution in [-0.4, -0.2) is 75.2 Å². The van der Waals surface area contributed by atoms with Crippen molar-refractivity contribution in [1.29, 1.82) is 0 Å². The van der Waals surface area contributed by atoms with Gasteiger partial charge in [-0.1, -0.05) is 73.6 Å². The fraction of sp³-hybridized carbons (Fsp3) is 1.00. The van der Waals surface area contributed by atoms with E-state index in [1.54, 1.807) is 0 Å². The van der Waals surface area contributed by atoms with Crippen LogP contribution in [0.1, 0.15) is 151 Å². The molecule has 4 heteroatoms. The van der Waals surface area contributed by atoms with Crippen molar-refractivity contribution >= 4 is 0 Å². The Morgan fingerprint density at radius 3 is 1.05 bits per heavy atom. The van der Waals surface area contributed by atoms with Gasteiger partial charge in [0.1, 0.15) is 0 Å². The van der Waals surface area contributed by atoms with Crippen molar-refractivity contribution in [2.75, 3.05) is 65.4 Å². The minimum absolute atomic E-state index is 0.851. The molecular formula is C35H76N4. The predicted octanol–water partition coefficient (Wildman–Crippen LogP) is 8.75. The van der Waals surface area contributed by atoms with E-state index in [2.05, 4.69) is 62.0 Å². The summed E-state index contributed by atoms with van der Waals surface area (Å²) in [5.41, 5.74) is 0. The second kappa shape index (κ2) is 30.8. The lowest BCUT2D eigenvalue weighted by Gasteiger charge is -2.22. The topological polar surface area (TPSA) is 30.5 Å². The third-order valence-electron chi connectivity index (χ3n) is 8.49. The highest BCUT2D eigenvalue weighted by Gasteiger charge is 2.08. The first-order valence-electron chi connectivity index (χ1n) is 17.9. The molecule has 0 aliphatic carbocycles. The molecule has 39 heavy (non-hydrogen) atoms. The molecule has 0 amide bonds. The average Bonchev–Trinajstić information content (AvgIpc) is 2.93. The van der Waals surface area contributed by atoms with Gasteiger partial charge in [-0.3, -0.25) is 0 Å². The van der Waals surface area contributed by atoms with Gasteiger partial charge in [0.25, 0.3) is 0 Å². The lowest BCUT2D eigenvalue weighted by molar-refractivity contribution is 0.253. The first-order valence-corrected chi connectivity index (χ1v) is 17.9. The van der Waals surface area contributed by atoms with E-state index in [9.17, 15) is 0 Å². The molecular weight excluding hydrogens is 476 g/mol. The largest absolute Gasteiger partial charge is 0.317 e. The quantitative estimate of drug-likeness (QED) is 0.0817.